The van der Waals surface area contributed by atoms with Crippen LogP contribution in [0.1, 0.15) is 38.4 Å². The maximum Gasteiger partial charge on any atom is 0.135 e. The minimum Gasteiger partial charge on any atom is -0.363 e. The molecule has 0 spiro atoms. The summed E-state index contributed by atoms with van der Waals surface area (Å²) in [5.74, 6) is 1.53. The highest BCUT2D eigenvalue weighted by molar-refractivity contribution is 5.58. The largest absolute Gasteiger partial charge is 0.363 e. The van der Waals surface area contributed by atoms with E-state index in [1.54, 1.807) is 6.33 Å². The minimum absolute atomic E-state index is 0.108. The zero-order valence-electron chi connectivity index (χ0n) is 14.1. The van der Waals surface area contributed by atoms with Crippen LogP contribution in [0.3, 0.4) is 0 Å². The average Bonchev–Trinajstić information content (AvgIpc) is 3.06. The Morgan fingerprint density at radius 2 is 1.75 bits per heavy atom. The van der Waals surface area contributed by atoms with E-state index >= 15 is 0 Å². The van der Waals surface area contributed by atoms with Crippen molar-refractivity contribution in [2.45, 2.75) is 32.9 Å². The lowest BCUT2D eigenvalue weighted by atomic mass is 10.2. The van der Waals surface area contributed by atoms with E-state index < -0.39 is 0 Å². The Balaban J connectivity index is 1.69. The maximum atomic E-state index is 4.38. The van der Waals surface area contributed by atoms with E-state index in [0.717, 1.165) is 22.9 Å². The molecule has 0 aliphatic rings. The molecule has 3 rings (SSSR count). The van der Waals surface area contributed by atoms with Crippen molar-refractivity contribution in [3.63, 3.8) is 0 Å². The van der Waals surface area contributed by atoms with Gasteiger partial charge in [-0.15, -0.1) is 0 Å². The van der Waals surface area contributed by atoms with Gasteiger partial charge in [0.05, 0.1) is 12.2 Å². The number of para-hydroxylation sites is 1. The zero-order chi connectivity index (χ0) is 16.9. The lowest BCUT2D eigenvalue weighted by molar-refractivity contribution is 0.532. The number of hydrogen-bond acceptors (Lipinski definition) is 5. The van der Waals surface area contributed by atoms with E-state index in [2.05, 4.69) is 52.7 Å². The van der Waals surface area contributed by atoms with Gasteiger partial charge in [-0.2, -0.15) is 5.10 Å². The summed E-state index contributed by atoms with van der Waals surface area (Å²) in [6.07, 6.45) is 5.51. The zero-order valence-corrected chi connectivity index (χ0v) is 14.1. The Hall–Kier alpha value is -2.89. The molecule has 0 aliphatic carbocycles. The van der Waals surface area contributed by atoms with Crippen LogP contribution in [0, 0.1) is 0 Å². The summed E-state index contributed by atoms with van der Waals surface area (Å²) in [7, 11) is 0. The van der Waals surface area contributed by atoms with Crippen molar-refractivity contribution in [1.29, 1.82) is 0 Å². The van der Waals surface area contributed by atoms with Crippen molar-refractivity contribution in [2.75, 3.05) is 10.6 Å². The molecule has 124 valence electrons. The molecule has 2 N–H and O–H groups in total. The number of nitrogens with zero attached hydrogens (tertiary/aromatic N) is 4. The van der Waals surface area contributed by atoms with Gasteiger partial charge >= 0.3 is 0 Å². The third-order valence-electron chi connectivity index (χ3n) is 3.73. The van der Waals surface area contributed by atoms with Crippen LogP contribution in [-0.2, 0) is 0 Å². The molecule has 24 heavy (non-hydrogen) atoms. The summed E-state index contributed by atoms with van der Waals surface area (Å²) >= 11 is 0. The molecule has 6 heteroatoms. The van der Waals surface area contributed by atoms with Gasteiger partial charge in [-0.3, -0.25) is 4.68 Å². The van der Waals surface area contributed by atoms with Gasteiger partial charge in [0, 0.05) is 29.6 Å². The van der Waals surface area contributed by atoms with Crippen molar-refractivity contribution in [1.82, 2.24) is 19.7 Å². The van der Waals surface area contributed by atoms with E-state index in [1.807, 2.05) is 47.3 Å². The number of hydrogen-bond donors (Lipinski definition) is 2. The molecule has 2 aromatic heterocycles. The maximum absolute atomic E-state index is 4.38. The number of aromatic nitrogens is 4. The van der Waals surface area contributed by atoms with Crippen LogP contribution in [0.15, 0.2) is 55.1 Å². The van der Waals surface area contributed by atoms with E-state index in [9.17, 15) is 0 Å². The summed E-state index contributed by atoms with van der Waals surface area (Å²) < 4.78 is 1.95. The molecular weight excluding hydrogens is 300 g/mol. The number of nitrogens with one attached hydrogen (secondary N) is 2. The highest BCUT2D eigenvalue weighted by atomic mass is 15.3. The molecule has 1 aromatic carbocycles. The van der Waals surface area contributed by atoms with Crippen molar-refractivity contribution in [3.8, 4) is 0 Å². The van der Waals surface area contributed by atoms with Crippen molar-refractivity contribution in [3.05, 3.63) is 60.7 Å². The molecule has 1 unspecified atom stereocenters. The molecule has 2 heterocycles. The first-order valence-corrected chi connectivity index (χ1v) is 8.06. The third kappa shape index (κ3) is 3.90. The number of anilines is 3. The standard InChI is InChI=1S/C18H22N6/c1-13(2)24-11-15(10-21-24)14(3)22-17-9-18(20-12-19-17)23-16-7-5-4-6-8-16/h4-14H,1-3H3,(H2,19,20,22,23). The smallest absolute Gasteiger partial charge is 0.135 e. The second kappa shape index (κ2) is 7.12. The fourth-order valence-corrected chi connectivity index (χ4v) is 2.34. The first-order chi connectivity index (χ1) is 11.6. The van der Waals surface area contributed by atoms with Crippen LogP contribution in [0.5, 0.6) is 0 Å². The highest BCUT2D eigenvalue weighted by Gasteiger charge is 2.10. The Bertz CT molecular complexity index is 781. The number of rotatable bonds is 6. The highest BCUT2D eigenvalue weighted by Crippen LogP contribution is 2.21. The molecule has 0 amide bonds. The summed E-state index contributed by atoms with van der Waals surface area (Å²) in [5.41, 5.74) is 2.12. The quantitative estimate of drug-likeness (QED) is 0.713. The van der Waals surface area contributed by atoms with E-state index in [-0.39, 0.29) is 6.04 Å². The van der Waals surface area contributed by atoms with E-state index in [4.69, 9.17) is 0 Å². The normalized spacial score (nSPS) is 12.2. The summed E-state index contributed by atoms with van der Waals surface area (Å²) in [6, 6.07) is 12.3. The van der Waals surface area contributed by atoms with Gasteiger partial charge < -0.3 is 10.6 Å². The van der Waals surface area contributed by atoms with Crippen molar-refractivity contribution >= 4 is 17.3 Å². The third-order valence-corrected chi connectivity index (χ3v) is 3.73. The minimum atomic E-state index is 0.108. The Labute approximate surface area is 142 Å². The topological polar surface area (TPSA) is 67.7 Å². The molecule has 0 radical (unpaired) electrons. The fourth-order valence-electron chi connectivity index (χ4n) is 2.34. The lowest BCUT2D eigenvalue weighted by Gasteiger charge is -2.14. The first-order valence-electron chi connectivity index (χ1n) is 8.06. The van der Waals surface area contributed by atoms with Gasteiger partial charge in [0.2, 0.25) is 0 Å². The van der Waals surface area contributed by atoms with Gasteiger partial charge in [0.15, 0.2) is 0 Å². The molecule has 0 fully saturated rings. The molecule has 0 bridgehead atoms. The van der Waals surface area contributed by atoms with Crippen LogP contribution >= 0.6 is 0 Å². The molecule has 1 atom stereocenters. The predicted molar refractivity (Wildman–Crippen MR) is 96.4 cm³/mol. The Morgan fingerprint density at radius 3 is 2.46 bits per heavy atom. The van der Waals surface area contributed by atoms with Crippen LogP contribution in [-0.4, -0.2) is 19.7 Å². The summed E-state index contributed by atoms with van der Waals surface area (Å²) in [5, 5.41) is 11.0. The monoisotopic (exact) mass is 322 g/mol. The second-order valence-electron chi connectivity index (χ2n) is 5.99. The van der Waals surface area contributed by atoms with Gasteiger partial charge in [-0.1, -0.05) is 18.2 Å². The van der Waals surface area contributed by atoms with Gasteiger partial charge in [0.25, 0.3) is 0 Å². The van der Waals surface area contributed by atoms with E-state index in [1.165, 1.54) is 0 Å². The predicted octanol–water partition coefficient (Wildman–Crippen LogP) is 4.17. The molecule has 3 aromatic rings. The number of benzene rings is 1. The SMILES string of the molecule is CC(Nc1cc(Nc2ccccc2)ncn1)c1cnn(C(C)C)c1. The van der Waals surface area contributed by atoms with Crippen molar-refractivity contribution in [2.24, 2.45) is 0 Å². The summed E-state index contributed by atoms with van der Waals surface area (Å²) in [6.45, 7) is 6.32. The molecule has 0 aliphatic heterocycles. The Kier molecular flexibility index (Phi) is 4.74. The van der Waals surface area contributed by atoms with Gasteiger partial charge in [-0.25, -0.2) is 9.97 Å². The van der Waals surface area contributed by atoms with Gasteiger partial charge in [0.1, 0.15) is 18.0 Å². The van der Waals surface area contributed by atoms with Crippen molar-refractivity contribution < 1.29 is 0 Å². The Morgan fingerprint density at radius 1 is 1.00 bits per heavy atom. The molecular formula is C18H22N6. The molecule has 0 saturated carbocycles. The van der Waals surface area contributed by atoms with Crippen LogP contribution in [0.25, 0.3) is 0 Å². The van der Waals surface area contributed by atoms with Crippen LogP contribution in [0.2, 0.25) is 0 Å². The van der Waals surface area contributed by atoms with Gasteiger partial charge in [-0.05, 0) is 32.9 Å². The lowest BCUT2D eigenvalue weighted by Crippen LogP contribution is -2.08. The van der Waals surface area contributed by atoms with E-state index in [0.29, 0.717) is 6.04 Å². The summed E-state index contributed by atoms with van der Waals surface area (Å²) in [4.78, 5) is 8.56. The second-order valence-corrected chi connectivity index (χ2v) is 5.99. The molecule has 0 saturated heterocycles. The molecule has 6 nitrogen and oxygen atoms in total. The van der Waals surface area contributed by atoms with Crippen LogP contribution in [0.4, 0.5) is 17.3 Å². The average molecular weight is 322 g/mol. The van der Waals surface area contributed by atoms with Crippen LogP contribution < -0.4 is 10.6 Å². The first kappa shape index (κ1) is 16.0. The fraction of sp³-hybridized carbons (Fsp3) is 0.278.